The minimum atomic E-state index is -0.147. The van der Waals surface area contributed by atoms with Gasteiger partial charge in [-0.1, -0.05) is 18.2 Å². The molecule has 1 amide bonds. The van der Waals surface area contributed by atoms with Crippen molar-refractivity contribution in [3.8, 4) is 5.75 Å². The topological polar surface area (TPSA) is 54.7 Å². The molecular weight excluding hydrogens is 352 g/mol. The van der Waals surface area contributed by atoms with Gasteiger partial charge in [-0.25, -0.2) is 0 Å². The van der Waals surface area contributed by atoms with Crippen molar-refractivity contribution in [2.24, 2.45) is 0 Å². The third-order valence-corrected chi connectivity index (χ3v) is 6.43. The van der Waals surface area contributed by atoms with E-state index in [4.69, 9.17) is 9.15 Å². The van der Waals surface area contributed by atoms with Crippen LogP contribution in [0.25, 0.3) is 0 Å². The van der Waals surface area contributed by atoms with Crippen LogP contribution >= 0.6 is 0 Å². The molecule has 1 aliphatic carbocycles. The van der Waals surface area contributed by atoms with Crippen molar-refractivity contribution in [1.82, 2.24) is 10.2 Å². The summed E-state index contributed by atoms with van der Waals surface area (Å²) in [5, 5.41) is 3.16. The van der Waals surface area contributed by atoms with E-state index in [1.54, 1.807) is 6.26 Å². The van der Waals surface area contributed by atoms with Crippen molar-refractivity contribution in [2.75, 3.05) is 13.1 Å². The van der Waals surface area contributed by atoms with Crippen molar-refractivity contribution in [1.29, 1.82) is 0 Å². The van der Waals surface area contributed by atoms with Gasteiger partial charge in [0.1, 0.15) is 11.4 Å². The summed E-state index contributed by atoms with van der Waals surface area (Å²) in [7, 11) is 0. The Bertz CT molecular complexity index is 820. The van der Waals surface area contributed by atoms with Crippen molar-refractivity contribution in [2.45, 2.75) is 62.6 Å². The molecule has 1 spiro atoms. The Morgan fingerprint density at radius 3 is 2.75 bits per heavy atom. The second-order valence-corrected chi connectivity index (χ2v) is 8.68. The van der Waals surface area contributed by atoms with E-state index in [1.807, 2.05) is 18.4 Å². The predicted octanol–water partition coefficient (Wildman–Crippen LogP) is 3.85. The number of fused-ring (bicyclic) bond motifs is 1. The van der Waals surface area contributed by atoms with Crippen molar-refractivity contribution >= 4 is 5.91 Å². The minimum Gasteiger partial charge on any atom is -0.487 e. The Kier molecular flexibility index (Phi) is 4.63. The molecule has 2 aromatic rings. The number of carbonyl (C=O) groups is 1. The molecule has 1 N–H and O–H groups in total. The summed E-state index contributed by atoms with van der Waals surface area (Å²) >= 11 is 0. The highest BCUT2D eigenvalue weighted by Crippen LogP contribution is 2.46. The van der Waals surface area contributed by atoms with Gasteiger partial charge >= 0.3 is 0 Å². The van der Waals surface area contributed by atoms with Crippen LogP contribution in [-0.4, -0.2) is 35.5 Å². The van der Waals surface area contributed by atoms with Gasteiger partial charge in [-0.05, 0) is 49.8 Å². The maximum atomic E-state index is 12.5. The lowest BCUT2D eigenvalue weighted by Crippen LogP contribution is -2.50. The van der Waals surface area contributed by atoms with Crippen LogP contribution in [-0.2, 0) is 11.3 Å². The summed E-state index contributed by atoms with van der Waals surface area (Å²) in [5.41, 5.74) is 2.27. The van der Waals surface area contributed by atoms with E-state index in [1.165, 1.54) is 11.1 Å². The van der Waals surface area contributed by atoms with Gasteiger partial charge in [0.15, 0.2) is 0 Å². The lowest BCUT2D eigenvalue weighted by molar-refractivity contribution is -0.122. The molecule has 2 aliphatic heterocycles. The number of benzene rings is 1. The summed E-state index contributed by atoms with van der Waals surface area (Å²) in [4.78, 5) is 15.0. The minimum absolute atomic E-state index is 0.147. The maximum Gasteiger partial charge on any atom is 0.220 e. The highest BCUT2D eigenvalue weighted by Gasteiger charge is 2.43. The third kappa shape index (κ3) is 3.81. The predicted molar refractivity (Wildman–Crippen MR) is 106 cm³/mol. The first kappa shape index (κ1) is 17.8. The van der Waals surface area contributed by atoms with Crippen molar-refractivity contribution in [3.05, 3.63) is 54.0 Å². The highest BCUT2D eigenvalue weighted by molar-refractivity contribution is 5.77. The van der Waals surface area contributed by atoms with Gasteiger partial charge in [-0.2, -0.15) is 0 Å². The number of nitrogens with zero attached hydrogens (tertiary/aromatic N) is 1. The molecule has 0 radical (unpaired) electrons. The molecular formula is C23H28N2O3. The number of hydrogen-bond donors (Lipinski definition) is 1. The van der Waals surface area contributed by atoms with Gasteiger partial charge in [0, 0.05) is 43.6 Å². The van der Waals surface area contributed by atoms with Gasteiger partial charge in [0.2, 0.25) is 5.91 Å². The Morgan fingerprint density at radius 2 is 2.00 bits per heavy atom. The molecule has 1 atom stereocenters. The van der Waals surface area contributed by atoms with Crippen molar-refractivity contribution in [3.63, 3.8) is 0 Å². The van der Waals surface area contributed by atoms with Crippen molar-refractivity contribution < 1.29 is 13.9 Å². The summed E-state index contributed by atoms with van der Waals surface area (Å²) in [5.74, 6) is 1.40. The number of piperidine rings is 1. The van der Waals surface area contributed by atoms with E-state index < -0.39 is 0 Å². The summed E-state index contributed by atoms with van der Waals surface area (Å²) < 4.78 is 11.8. The third-order valence-electron chi connectivity index (χ3n) is 6.43. The molecule has 0 bridgehead atoms. The Hall–Kier alpha value is -2.27. The summed E-state index contributed by atoms with van der Waals surface area (Å²) in [6.07, 6.45) is 9.32. The van der Waals surface area contributed by atoms with Gasteiger partial charge in [-0.15, -0.1) is 0 Å². The second kappa shape index (κ2) is 7.28. The molecule has 5 rings (SSSR count). The smallest absolute Gasteiger partial charge is 0.220 e. The Balaban J connectivity index is 1.28. The van der Waals surface area contributed by atoms with Crippen LogP contribution in [0.1, 0.15) is 55.6 Å². The van der Waals surface area contributed by atoms with Gasteiger partial charge < -0.3 is 14.5 Å². The Morgan fingerprint density at radius 1 is 1.18 bits per heavy atom. The second-order valence-electron chi connectivity index (χ2n) is 8.68. The van der Waals surface area contributed by atoms with Crippen LogP contribution in [0.15, 0.2) is 47.3 Å². The number of rotatable bonds is 5. The monoisotopic (exact) mass is 380 g/mol. The number of amides is 1. The molecule has 5 heteroatoms. The number of hydrogen-bond acceptors (Lipinski definition) is 4. The highest BCUT2D eigenvalue weighted by atomic mass is 16.5. The van der Waals surface area contributed by atoms with Gasteiger partial charge in [0.05, 0.1) is 12.5 Å². The quantitative estimate of drug-likeness (QED) is 0.856. The van der Waals surface area contributed by atoms with Crippen LogP contribution in [0, 0.1) is 0 Å². The zero-order chi connectivity index (χ0) is 19.0. The normalized spacial score (nSPS) is 23.8. The summed E-state index contributed by atoms with van der Waals surface area (Å²) in [6.45, 7) is 2.94. The SMILES string of the molecule is O=C(C[C@H]1CC2(CCN(Cc3ccoc3)CC2)Oc2ccccc21)NC1CC1. The molecule has 3 aliphatic rings. The average molecular weight is 380 g/mol. The number of likely N-dealkylation sites (tertiary alicyclic amines) is 1. The van der Waals surface area contributed by atoms with E-state index in [0.29, 0.717) is 12.5 Å². The van der Waals surface area contributed by atoms with E-state index in [-0.39, 0.29) is 17.4 Å². The fourth-order valence-electron chi connectivity index (χ4n) is 4.73. The molecule has 148 valence electrons. The van der Waals surface area contributed by atoms with Crippen LogP contribution in [0.5, 0.6) is 5.75 Å². The zero-order valence-corrected chi connectivity index (χ0v) is 16.2. The molecule has 1 aromatic carbocycles. The lowest BCUT2D eigenvalue weighted by atomic mass is 9.76. The molecule has 2 fully saturated rings. The summed E-state index contributed by atoms with van der Waals surface area (Å²) in [6, 6.07) is 10.7. The largest absolute Gasteiger partial charge is 0.487 e. The standard InChI is InChI=1S/C23H28N2O3/c26-22(24-19-5-6-19)13-18-14-23(28-21-4-2-1-3-20(18)21)8-10-25(11-9-23)15-17-7-12-27-16-17/h1-4,7,12,16,18-19H,5-6,8-11,13-15H2,(H,24,26)/t18-/m0/s1. The molecule has 0 unspecified atom stereocenters. The van der Waals surface area contributed by atoms with Crippen LogP contribution < -0.4 is 10.1 Å². The van der Waals surface area contributed by atoms with E-state index in [2.05, 4.69) is 28.4 Å². The molecule has 28 heavy (non-hydrogen) atoms. The molecule has 1 aromatic heterocycles. The fraction of sp³-hybridized carbons (Fsp3) is 0.522. The van der Waals surface area contributed by atoms with Gasteiger partial charge in [0.25, 0.3) is 0 Å². The Labute approximate surface area is 166 Å². The zero-order valence-electron chi connectivity index (χ0n) is 16.2. The van der Waals surface area contributed by atoms with E-state index in [0.717, 1.165) is 57.5 Å². The molecule has 3 heterocycles. The number of carbonyl (C=O) groups excluding carboxylic acids is 1. The van der Waals surface area contributed by atoms with E-state index in [9.17, 15) is 4.79 Å². The van der Waals surface area contributed by atoms with Crippen LogP contribution in [0.3, 0.4) is 0 Å². The average Bonchev–Trinajstić information content (AvgIpc) is 3.35. The first-order valence-corrected chi connectivity index (χ1v) is 10.5. The molecule has 5 nitrogen and oxygen atoms in total. The number of furan rings is 1. The number of ether oxygens (including phenoxy) is 1. The van der Waals surface area contributed by atoms with Crippen LogP contribution in [0.4, 0.5) is 0 Å². The van der Waals surface area contributed by atoms with Gasteiger partial charge in [-0.3, -0.25) is 9.69 Å². The van der Waals surface area contributed by atoms with E-state index >= 15 is 0 Å². The molecule has 1 saturated heterocycles. The first-order chi connectivity index (χ1) is 13.7. The van der Waals surface area contributed by atoms with Crippen LogP contribution in [0.2, 0.25) is 0 Å². The first-order valence-electron chi connectivity index (χ1n) is 10.5. The number of para-hydroxylation sites is 1. The molecule has 1 saturated carbocycles. The fourth-order valence-corrected chi connectivity index (χ4v) is 4.73. The lowest BCUT2D eigenvalue weighted by Gasteiger charge is -2.47. The maximum absolute atomic E-state index is 12.5. The number of nitrogens with one attached hydrogen (secondary N) is 1.